The van der Waals surface area contributed by atoms with E-state index < -0.39 is 0 Å². The molecular formula is C24H21Br2N3O2S. The van der Waals surface area contributed by atoms with Crippen molar-refractivity contribution in [3.63, 3.8) is 0 Å². The number of nitrogens with one attached hydrogen (secondary N) is 1. The Morgan fingerprint density at radius 3 is 2.56 bits per heavy atom. The molecular weight excluding hydrogens is 554 g/mol. The zero-order valence-corrected chi connectivity index (χ0v) is 21.2. The number of nitriles is 1. The first kappa shape index (κ1) is 23.0. The Labute approximate surface area is 209 Å². The summed E-state index contributed by atoms with van der Waals surface area (Å²) >= 11 is 12.6. The van der Waals surface area contributed by atoms with Crippen LogP contribution < -0.4 is 10.1 Å². The van der Waals surface area contributed by atoms with Crippen molar-refractivity contribution >= 4 is 61.2 Å². The van der Waals surface area contributed by atoms with E-state index in [1.54, 1.807) is 11.0 Å². The summed E-state index contributed by atoms with van der Waals surface area (Å²) in [5.74, 6) is 0.563. The molecule has 1 saturated heterocycles. The van der Waals surface area contributed by atoms with E-state index in [9.17, 15) is 10.1 Å². The van der Waals surface area contributed by atoms with Crippen LogP contribution in [0.3, 0.4) is 0 Å². The van der Waals surface area contributed by atoms with Gasteiger partial charge >= 0.3 is 0 Å². The van der Waals surface area contributed by atoms with Crippen LogP contribution >= 0.6 is 44.1 Å². The predicted molar refractivity (Wildman–Crippen MR) is 135 cm³/mol. The number of amides is 1. The second-order valence-electron chi connectivity index (χ2n) is 7.83. The van der Waals surface area contributed by atoms with Gasteiger partial charge in [0.2, 0.25) is 0 Å². The topological polar surface area (TPSA) is 65.4 Å². The number of rotatable bonds is 5. The molecule has 0 spiro atoms. The molecule has 1 aliphatic carbocycles. The van der Waals surface area contributed by atoms with Crippen molar-refractivity contribution in [2.45, 2.75) is 44.8 Å². The Balaban J connectivity index is 1.52. The fourth-order valence-electron chi connectivity index (χ4n) is 4.09. The quantitative estimate of drug-likeness (QED) is 0.348. The maximum absolute atomic E-state index is 13.0. The van der Waals surface area contributed by atoms with Gasteiger partial charge in [0.15, 0.2) is 5.11 Å². The van der Waals surface area contributed by atoms with E-state index in [1.165, 1.54) is 6.42 Å². The Morgan fingerprint density at radius 1 is 1.19 bits per heavy atom. The van der Waals surface area contributed by atoms with Gasteiger partial charge in [-0.1, -0.05) is 37.5 Å². The Bertz CT molecular complexity index is 1110. The lowest BCUT2D eigenvalue weighted by atomic mass is 9.94. The molecule has 1 N–H and O–H groups in total. The number of hydrogen-bond acceptors (Lipinski definition) is 4. The molecule has 0 atom stereocenters. The largest absolute Gasteiger partial charge is 0.486 e. The van der Waals surface area contributed by atoms with Gasteiger partial charge in [0.1, 0.15) is 18.1 Å². The van der Waals surface area contributed by atoms with Crippen LogP contribution in [-0.4, -0.2) is 22.0 Å². The van der Waals surface area contributed by atoms with Crippen molar-refractivity contribution in [3.8, 4) is 11.8 Å². The molecule has 2 fully saturated rings. The maximum atomic E-state index is 13.0. The molecule has 4 rings (SSSR count). The highest BCUT2D eigenvalue weighted by molar-refractivity contribution is 9.11. The molecule has 0 radical (unpaired) electrons. The van der Waals surface area contributed by atoms with Crippen molar-refractivity contribution in [3.05, 3.63) is 67.7 Å². The third kappa shape index (κ3) is 4.90. The predicted octanol–water partition coefficient (Wildman–Crippen LogP) is 6.05. The zero-order valence-electron chi connectivity index (χ0n) is 17.2. The van der Waals surface area contributed by atoms with Gasteiger partial charge in [0, 0.05) is 11.6 Å². The SMILES string of the molecule is N#Cc1ccccc1COc1c(Br)cc(/C=C2\NC(=S)N(C3CCCCC3)C2=O)cc1Br. The number of carbonyl (C=O) groups is 1. The van der Waals surface area contributed by atoms with E-state index in [0.717, 1.165) is 45.8 Å². The van der Waals surface area contributed by atoms with Gasteiger partial charge in [-0.2, -0.15) is 5.26 Å². The van der Waals surface area contributed by atoms with Crippen LogP contribution in [0.25, 0.3) is 6.08 Å². The third-order valence-corrected chi connectivity index (χ3v) is 7.17. The highest BCUT2D eigenvalue weighted by atomic mass is 79.9. The second-order valence-corrected chi connectivity index (χ2v) is 9.92. The summed E-state index contributed by atoms with van der Waals surface area (Å²) in [5, 5.41) is 12.8. The highest BCUT2D eigenvalue weighted by Crippen LogP contribution is 2.36. The molecule has 164 valence electrons. The molecule has 8 heteroatoms. The molecule has 2 aliphatic rings. The van der Waals surface area contributed by atoms with Gasteiger partial charge in [-0.3, -0.25) is 9.69 Å². The van der Waals surface area contributed by atoms with Gasteiger partial charge in [0.25, 0.3) is 5.91 Å². The molecule has 0 bridgehead atoms. The first-order valence-electron chi connectivity index (χ1n) is 10.4. The fraction of sp³-hybridized carbons (Fsp3) is 0.292. The molecule has 1 aliphatic heterocycles. The summed E-state index contributed by atoms with van der Waals surface area (Å²) < 4.78 is 7.46. The lowest BCUT2D eigenvalue weighted by Crippen LogP contribution is -2.41. The number of carbonyl (C=O) groups excluding carboxylic acids is 1. The van der Waals surface area contributed by atoms with Crippen LogP contribution in [0.5, 0.6) is 5.75 Å². The molecule has 0 unspecified atom stereocenters. The number of thiocarbonyl (C=S) groups is 1. The Hall–Kier alpha value is -2.21. The van der Waals surface area contributed by atoms with E-state index in [2.05, 4.69) is 43.2 Å². The number of hydrogen-bond donors (Lipinski definition) is 1. The number of ether oxygens (including phenoxy) is 1. The van der Waals surface area contributed by atoms with Crippen LogP contribution in [0, 0.1) is 11.3 Å². The molecule has 32 heavy (non-hydrogen) atoms. The summed E-state index contributed by atoms with van der Waals surface area (Å²) in [6.07, 6.45) is 7.30. The summed E-state index contributed by atoms with van der Waals surface area (Å²) in [6.45, 7) is 0.270. The first-order valence-corrected chi connectivity index (χ1v) is 12.4. The van der Waals surface area contributed by atoms with Crippen molar-refractivity contribution in [1.29, 1.82) is 5.26 Å². The normalized spacial score (nSPS) is 18.0. The summed E-state index contributed by atoms with van der Waals surface area (Å²) in [4.78, 5) is 14.8. The fourth-order valence-corrected chi connectivity index (χ4v) is 5.88. The molecule has 1 heterocycles. The molecule has 2 aromatic rings. The highest BCUT2D eigenvalue weighted by Gasteiger charge is 2.36. The van der Waals surface area contributed by atoms with E-state index in [-0.39, 0.29) is 18.6 Å². The molecule has 1 amide bonds. The Morgan fingerprint density at radius 2 is 1.88 bits per heavy atom. The zero-order chi connectivity index (χ0) is 22.7. The van der Waals surface area contributed by atoms with Crippen molar-refractivity contribution < 1.29 is 9.53 Å². The van der Waals surface area contributed by atoms with Gasteiger partial charge < -0.3 is 10.1 Å². The standard InChI is InChI=1S/C24H21Br2N3O2S/c25-19-10-15(11-20(26)22(19)31-14-17-7-5-4-6-16(17)13-27)12-21-23(30)29(24(32)28-21)18-8-2-1-3-9-18/h4-7,10-12,18H,1-3,8-9,14H2,(H,28,32)/b21-12-. The lowest BCUT2D eigenvalue weighted by Gasteiger charge is -2.29. The summed E-state index contributed by atoms with van der Waals surface area (Å²) in [5.41, 5.74) is 2.72. The molecule has 0 aromatic heterocycles. The average Bonchev–Trinajstić information content (AvgIpc) is 3.06. The minimum absolute atomic E-state index is 0.0671. The molecule has 2 aromatic carbocycles. The van der Waals surface area contributed by atoms with Gasteiger partial charge in [-0.15, -0.1) is 0 Å². The van der Waals surface area contributed by atoms with E-state index in [1.807, 2.05) is 36.4 Å². The smallest absolute Gasteiger partial charge is 0.276 e. The van der Waals surface area contributed by atoms with Gasteiger partial charge in [-0.25, -0.2) is 0 Å². The summed E-state index contributed by atoms with van der Waals surface area (Å²) in [7, 11) is 0. The van der Waals surface area contributed by atoms with E-state index >= 15 is 0 Å². The van der Waals surface area contributed by atoms with Crippen LogP contribution in [-0.2, 0) is 11.4 Å². The minimum atomic E-state index is -0.0671. The molecule has 5 nitrogen and oxygen atoms in total. The van der Waals surface area contributed by atoms with E-state index in [4.69, 9.17) is 17.0 Å². The van der Waals surface area contributed by atoms with Crippen molar-refractivity contribution in [1.82, 2.24) is 10.2 Å². The summed E-state index contributed by atoms with van der Waals surface area (Å²) in [6, 6.07) is 13.5. The minimum Gasteiger partial charge on any atom is -0.486 e. The average molecular weight is 575 g/mol. The first-order chi connectivity index (χ1) is 15.5. The maximum Gasteiger partial charge on any atom is 0.276 e. The Kier molecular flexibility index (Phi) is 7.29. The number of nitrogens with zero attached hydrogens (tertiary/aromatic N) is 2. The number of halogens is 2. The molecule has 1 saturated carbocycles. The van der Waals surface area contributed by atoms with Crippen LogP contribution in [0.2, 0.25) is 0 Å². The van der Waals surface area contributed by atoms with E-state index in [0.29, 0.717) is 22.1 Å². The third-order valence-electron chi connectivity index (χ3n) is 5.69. The van der Waals surface area contributed by atoms with Crippen LogP contribution in [0.4, 0.5) is 0 Å². The lowest BCUT2D eigenvalue weighted by molar-refractivity contribution is -0.124. The monoisotopic (exact) mass is 573 g/mol. The van der Waals surface area contributed by atoms with Crippen LogP contribution in [0.15, 0.2) is 51.0 Å². The van der Waals surface area contributed by atoms with Gasteiger partial charge in [-0.05, 0) is 86.8 Å². The van der Waals surface area contributed by atoms with Crippen LogP contribution in [0.1, 0.15) is 48.8 Å². The van der Waals surface area contributed by atoms with Gasteiger partial charge in [0.05, 0.1) is 20.6 Å². The second kappa shape index (κ2) is 10.2. The van der Waals surface area contributed by atoms with Crippen molar-refractivity contribution in [2.24, 2.45) is 0 Å². The number of benzene rings is 2. The van der Waals surface area contributed by atoms with Crippen molar-refractivity contribution in [2.75, 3.05) is 0 Å².